The van der Waals surface area contributed by atoms with Gasteiger partial charge >= 0.3 is 0 Å². The Hall–Kier alpha value is -3.22. The van der Waals surface area contributed by atoms with Gasteiger partial charge in [0.15, 0.2) is 0 Å². The molecule has 2 aromatic heterocycles. The summed E-state index contributed by atoms with van der Waals surface area (Å²) in [5.74, 6) is 2.46. The monoisotopic (exact) mass is 419 g/mol. The van der Waals surface area contributed by atoms with E-state index in [2.05, 4.69) is 51.3 Å². The molecule has 0 radical (unpaired) electrons. The van der Waals surface area contributed by atoms with Crippen LogP contribution >= 0.6 is 0 Å². The molecule has 1 aliphatic heterocycles. The van der Waals surface area contributed by atoms with Gasteiger partial charge in [-0.05, 0) is 36.0 Å². The topological polar surface area (TPSA) is 84.2 Å². The molecule has 0 spiro atoms. The van der Waals surface area contributed by atoms with Crippen molar-refractivity contribution in [3.8, 4) is 11.4 Å². The van der Waals surface area contributed by atoms with E-state index in [1.807, 2.05) is 30.5 Å². The Bertz CT molecular complexity index is 990. The predicted octanol–water partition coefficient (Wildman–Crippen LogP) is 4.10. The van der Waals surface area contributed by atoms with Crippen molar-refractivity contribution >= 4 is 11.7 Å². The van der Waals surface area contributed by atoms with Crippen molar-refractivity contribution in [2.75, 3.05) is 18.0 Å². The molecule has 0 aliphatic carbocycles. The van der Waals surface area contributed by atoms with Crippen LogP contribution in [-0.4, -0.2) is 34.1 Å². The third kappa shape index (κ3) is 5.48. The summed E-state index contributed by atoms with van der Waals surface area (Å²) < 4.78 is 5.32. The van der Waals surface area contributed by atoms with E-state index in [4.69, 9.17) is 4.52 Å². The van der Waals surface area contributed by atoms with Gasteiger partial charge in [-0.15, -0.1) is 0 Å². The van der Waals surface area contributed by atoms with Gasteiger partial charge in [-0.3, -0.25) is 4.79 Å². The van der Waals surface area contributed by atoms with Gasteiger partial charge in [0, 0.05) is 44.2 Å². The number of carbonyl (C=O) groups excluding carboxylic acids is 1. The highest BCUT2D eigenvalue weighted by Crippen LogP contribution is 2.21. The zero-order chi connectivity index (χ0) is 21.6. The van der Waals surface area contributed by atoms with Crippen molar-refractivity contribution in [1.29, 1.82) is 0 Å². The van der Waals surface area contributed by atoms with Crippen molar-refractivity contribution in [2.24, 2.45) is 0 Å². The first-order valence-corrected chi connectivity index (χ1v) is 11.0. The fraction of sp³-hybridized carbons (Fsp3) is 0.417. The normalized spacial score (nSPS) is 13.7. The van der Waals surface area contributed by atoms with Crippen LogP contribution < -0.4 is 10.2 Å². The van der Waals surface area contributed by atoms with Crippen molar-refractivity contribution in [3.63, 3.8) is 0 Å². The molecule has 1 fully saturated rings. The van der Waals surface area contributed by atoms with E-state index in [-0.39, 0.29) is 5.91 Å². The maximum absolute atomic E-state index is 12.2. The molecule has 3 aromatic rings. The van der Waals surface area contributed by atoms with Gasteiger partial charge in [-0.1, -0.05) is 49.3 Å². The van der Waals surface area contributed by atoms with E-state index < -0.39 is 0 Å². The number of nitrogens with zero attached hydrogens (tertiary/aromatic N) is 4. The summed E-state index contributed by atoms with van der Waals surface area (Å²) in [6.45, 7) is 6.93. The first-order valence-electron chi connectivity index (χ1n) is 11.0. The molecule has 1 amide bonds. The van der Waals surface area contributed by atoms with Crippen LogP contribution in [0, 0.1) is 0 Å². The lowest BCUT2D eigenvalue weighted by molar-refractivity contribution is -0.121. The molecule has 1 N–H and O–H groups in total. The number of hydrogen-bond acceptors (Lipinski definition) is 6. The Morgan fingerprint density at radius 2 is 1.90 bits per heavy atom. The lowest BCUT2D eigenvalue weighted by Gasteiger charge is -2.16. The number of aromatic nitrogens is 3. The smallest absolute Gasteiger partial charge is 0.227 e. The van der Waals surface area contributed by atoms with Crippen LogP contribution in [0.3, 0.4) is 0 Å². The van der Waals surface area contributed by atoms with Crippen molar-refractivity contribution in [1.82, 2.24) is 20.4 Å². The zero-order valence-electron chi connectivity index (χ0n) is 18.2. The number of nitrogens with one attached hydrogen (secondary N) is 1. The summed E-state index contributed by atoms with van der Waals surface area (Å²) in [7, 11) is 0. The molecule has 0 saturated carbocycles. The van der Waals surface area contributed by atoms with E-state index in [1.54, 1.807) is 0 Å². The second-order valence-electron chi connectivity index (χ2n) is 8.28. The predicted molar refractivity (Wildman–Crippen MR) is 120 cm³/mol. The minimum Gasteiger partial charge on any atom is -0.357 e. The highest BCUT2D eigenvalue weighted by molar-refractivity contribution is 5.76. The molecule has 162 valence electrons. The van der Waals surface area contributed by atoms with Crippen LogP contribution in [0.25, 0.3) is 11.4 Å². The summed E-state index contributed by atoms with van der Waals surface area (Å²) in [5, 5.41) is 6.97. The number of amides is 1. The van der Waals surface area contributed by atoms with Gasteiger partial charge in [-0.2, -0.15) is 4.98 Å². The maximum Gasteiger partial charge on any atom is 0.227 e. The quantitative estimate of drug-likeness (QED) is 0.592. The summed E-state index contributed by atoms with van der Waals surface area (Å²) in [5.41, 5.74) is 3.17. The SMILES string of the molecule is CC(C)c1ccc(-c2noc(CCC(=O)NCc3ccc(N4CCCC4)nc3)n2)cc1. The Labute approximate surface area is 182 Å². The minimum atomic E-state index is -0.0512. The molecular weight excluding hydrogens is 390 g/mol. The van der Waals surface area contributed by atoms with Gasteiger partial charge in [0.05, 0.1) is 0 Å². The lowest BCUT2D eigenvalue weighted by Crippen LogP contribution is -2.23. The number of pyridine rings is 1. The number of aryl methyl sites for hydroxylation is 1. The molecule has 4 rings (SSSR count). The Balaban J connectivity index is 1.23. The largest absolute Gasteiger partial charge is 0.357 e. The molecule has 31 heavy (non-hydrogen) atoms. The molecule has 7 heteroatoms. The summed E-state index contributed by atoms with van der Waals surface area (Å²) in [6, 6.07) is 12.2. The fourth-order valence-electron chi connectivity index (χ4n) is 3.65. The van der Waals surface area contributed by atoms with Crippen LogP contribution in [0.15, 0.2) is 47.1 Å². The van der Waals surface area contributed by atoms with Crippen LogP contribution in [0.2, 0.25) is 0 Å². The van der Waals surface area contributed by atoms with Gasteiger partial charge in [-0.25, -0.2) is 4.98 Å². The average molecular weight is 420 g/mol. The fourth-order valence-corrected chi connectivity index (χ4v) is 3.65. The Kier molecular flexibility index (Phi) is 6.60. The Morgan fingerprint density at radius 1 is 1.13 bits per heavy atom. The second-order valence-corrected chi connectivity index (χ2v) is 8.28. The van der Waals surface area contributed by atoms with E-state index in [9.17, 15) is 4.79 Å². The molecule has 1 saturated heterocycles. The van der Waals surface area contributed by atoms with Gasteiger partial charge in [0.25, 0.3) is 0 Å². The molecule has 0 unspecified atom stereocenters. The Morgan fingerprint density at radius 3 is 2.58 bits per heavy atom. The first kappa shape index (κ1) is 21.0. The molecular formula is C24H29N5O2. The number of rotatable bonds is 8. The van der Waals surface area contributed by atoms with Crippen LogP contribution in [0.4, 0.5) is 5.82 Å². The number of benzene rings is 1. The second kappa shape index (κ2) is 9.73. The third-order valence-corrected chi connectivity index (χ3v) is 5.60. The average Bonchev–Trinajstić information content (AvgIpc) is 3.49. The van der Waals surface area contributed by atoms with Crippen LogP contribution in [0.1, 0.15) is 56.0 Å². The van der Waals surface area contributed by atoms with Crippen molar-refractivity contribution in [2.45, 2.75) is 52.0 Å². The molecule has 7 nitrogen and oxygen atoms in total. The summed E-state index contributed by atoms with van der Waals surface area (Å²) in [4.78, 5) is 23.4. The van der Waals surface area contributed by atoms with Gasteiger partial charge in [0.2, 0.25) is 17.6 Å². The molecule has 3 heterocycles. The summed E-state index contributed by atoms with van der Waals surface area (Å²) in [6.07, 6.45) is 5.00. The van der Waals surface area contributed by atoms with Crippen LogP contribution in [-0.2, 0) is 17.8 Å². The summed E-state index contributed by atoms with van der Waals surface area (Å²) >= 11 is 0. The van der Waals surface area contributed by atoms with Gasteiger partial charge < -0.3 is 14.7 Å². The lowest BCUT2D eigenvalue weighted by atomic mass is 10.0. The molecule has 1 aliphatic rings. The highest BCUT2D eigenvalue weighted by Gasteiger charge is 2.14. The molecule has 1 aromatic carbocycles. The number of hydrogen-bond donors (Lipinski definition) is 1. The highest BCUT2D eigenvalue weighted by atomic mass is 16.5. The number of carbonyl (C=O) groups is 1. The maximum atomic E-state index is 12.2. The number of anilines is 1. The van der Waals surface area contributed by atoms with E-state index in [1.165, 1.54) is 18.4 Å². The van der Waals surface area contributed by atoms with E-state index in [0.29, 0.717) is 37.0 Å². The first-order chi connectivity index (χ1) is 15.1. The minimum absolute atomic E-state index is 0.0512. The molecule has 0 bridgehead atoms. The van der Waals surface area contributed by atoms with Crippen LogP contribution in [0.5, 0.6) is 0 Å². The standard InChI is InChI=1S/C24H29N5O2/c1-17(2)19-6-8-20(9-7-19)24-27-23(31-28-24)12-11-22(30)26-16-18-5-10-21(25-15-18)29-13-3-4-14-29/h5-10,15,17H,3-4,11-14,16H2,1-2H3,(H,26,30). The van der Waals surface area contributed by atoms with Gasteiger partial charge in [0.1, 0.15) is 5.82 Å². The van der Waals surface area contributed by atoms with E-state index >= 15 is 0 Å². The third-order valence-electron chi connectivity index (χ3n) is 5.60. The van der Waals surface area contributed by atoms with Crippen molar-refractivity contribution < 1.29 is 9.32 Å². The van der Waals surface area contributed by atoms with Crippen molar-refractivity contribution in [3.05, 3.63) is 59.6 Å². The molecule has 0 atom stereocenters. The van der Waals surface area contributed by atoms with E-state index in [0.717, 1.165) is 30.0 Å². The zero-order valence-corrected chi connectivity index (χ0v) is 18.2.